The molecule has 24 heavy (non-hydrogen) atoms. The maximum absolute atomic E-state index is 13.1. The summed E-state index contributed by atoms with van der Waals surface area (Å²) in [4.78, 5) is 12.6. The maximum atomic E-state index is 13.1. The van der Waals surface area contributed by atoms with Gasteiger partial charge < -0.3 is 5.11 Å². The van der Waals surface area contributed by atoms with E-state index in [1.165, 1.54) is 11.3 Å². The van der Waals surface area contributed by atoms with Crippen LogP contribution in [0.5, 0.6) is 0 Å². The molecule has 2 aromatic rings. The number of benzene rings is 1. The molecule has 0 radical (unpaired) electrons. The fraction of sp³-hybridized carbons (Fsp3) is 0.353. The molecule has 1 atom stereocenters. The molecule has 2 heterocycles. The van der Waals surface area contributed by atoms with Crippen LogP contribution in [0.3, 0.4) is 0 Å². The van der Waals surface area contributed by atoms with Crippen LogP contribution in [0.4, 0.5) is 5.69 Å². The Hall–Kier alpha value is -1.86. The monoisotopic (exact) mass is 365 g/mol. The SMILES string of the molecule is CC(C)(C)c1ccc(S(=O)(=O)N2c3ccccc3C[C@@H]2C(=O)O)s1. The Labute approximate surface area is 145 Å². The van der Waals surface area contributed by atoms with Crippen LogP contribution in [0.2, 0.25) is 0 Å². The van der Waals surface area contributed by atoms with E-state index in [0.717, 1.165) is 14.7 Å². The summed E-state index contributed by atoms with van der Waals surface area (Å²) in [5.41, 5.74) is 1.03. The van der Waals surface area contributed by atoms with Gasteiger partial charge in [0.1, 0.15) is 10.3 Å². The summed E-state index contributed by atoms with van der Waals surface area (Å²) in [6.45, 7) is 6.04. The van der Waals surface area contributed by atoms with Crippen molar-refractivity contribution in [2.75, 3.05) is 4.31 Å². The van der Waals surface area contributed by atoms with Gasteiger partial charge in [-0.2, -0.15) is 0 Å². The highest BCUT2D eigenvalue weighted by atomic mass is 32.2. The predicted octanol–water partition coefficient (Wildman–Crippen LogP) is 3.25. The summed E-state index contributed by atoms with van der Waals surface area (Å²) in [7, 11) is -3.91. The lowest BCUT2D eigenvalue weighted by molar-refractivity contribution is -0.138. The normalized spacial score (nSPS) is 17.8. The maximum Gasteiger partial charge on any atom is 0.327 e. The van der Waals surface area contributed by atoms with Gasteiger partial charge in [0.05, 0.1) is 5.69 Å². The number of fused-ring (bicyclic) bond motifs is 1. The van der Waals surface area contributed by atoms with Crippen molar-refractivity contribution in [3.63, 3.8) is 0 Å². The van der Waals surface area contributed by atoms with Gasteiger partial charge in [-0.25, -0.2) is 13.2 Å². The molecule has 128 valence electrons. The summed E-state index contributed by atoms with van der Waals surface area (Å²) < 4.78 is 27.5. The van der Waals surface area contributed by atoms with Crippen molar-refractivity contribution in [1.82, 2.24) is 0 Å². The number of carboxylic acid groups (broad SMARTS) is 1. The number of nitrogens with zero attached hydrogens (tertiary/aromatic N) is 1. The molecule has 0 unspecified atom stereocenters. The highest BCUT2D eigenvalue weighted by molar-refractivity contribution is 7.94. The van der Waals surface area contributed by atoms with Gasteiger partial charge in [-0.05, 0) is 29.2 Å². The molecule has 1 N–H and O–H groups in total. The van der Waals surface area contributed by atoms with Crippen molar-refractivity contribution in [2.45, 2.75) is 42.9 Å². The molecule has 0 bridgehead atoms. The smallest absolute Gasteiger partial charge is 0.327 e. The summed E-state index contributed by atoms with van der Waals surface area (Å²) in [6, 6.07) is 9.21. The average Bonchev–Trinajstić information content (AvgIpc) is 3.12. The Morgan fingerprint density at radius 1 is 1.21 bits per heavy atom. The third-order valence-electron chi connectivity index (χ3n) is 4.04. The Kier molecular flexibility index (Phi) is 3.96. The standard InChI is InChI=1S/C17H19NO4S2/c1-17(2,3)14-8-9-15(23-14)24(21,22)18-12-7-5-4-6-11(12)10-13(18)16(19)20/h4-9,13H,10H2,1-3H3,(H,19,20)/t13-/m1/s1. The minimum absolute atomic E-state index is 0.159. The van der Waals surface area contributed by atoms with Gasteiger partial charge in [0.2, 0.25) is 0 Å². The molecule has 7 heteroatoms. The molecule has 0 amide bonds. The zero-order valence-electron chi connectivity index (χ0n) is 13.7. The molecular formula is C17H19NO4S2. The highest BCUT2D eigenvalue weighted by Crippen LogP contribution is 2.40. The van der Waals surface area contributed by atoms with Gasteiger partial charge in [-0.1, -0.05) is 39.0 Å². The summed E-state index contributed by atoms with van der Waals surface area (Å²) >= 11 is 1.20. The largest absolute Gasteiger partial charge is 0.480 e. The van der Waals surface area contributed by atoms with Gasteiger partial charge >= 0.3 is 5.97 Å². The number of para-hydroxylation sites is 1. The second-order valence-electron chi connectivity index (χ2n) is 6.86. The molecule has 0 aliphatic carbocycles. The first-order valence-electron chi connectivity index (χ1n) is 7.58. The lowest BCUT2D eigenvalue weighted by Gasteiger charge is -2.23. The Bertz CT molecular complexity index is 893. The summed E-state index contributed by atoms with van der Waals surface area (Å²) in [5, 5.41) is 9.50. The zero-order chi connectivity index (χ0) is 17.7. The number of rotatable bonds is 3. The second-order valence-corrected chi connectivity index (χ2v) is 9.98. The van der Waals surface area contributed by atoms with Crippen molar-refractivity contribution < 1.29 is 18.3 Å². The van der Waals surface area contributed by atoms with Crippen molar-refractivity contribution in [3.05, 3.63) is 46.8 Å². The van der Waals surface area contributed by atoms with Gasteiger partial charge in [-0.15, -0.1) is 11.3 Å². The number of sulfonamides is 1. The first kappa shape index (κ1) is 17.0. The minimum atomic E-state index is -3.91. The fourth-order valence-electron chi connectivity index (χ4n) is 2.80. The van der Waals surface area contributed by atoms with Crippen molar-refractivity contribution in [3.8, 4) is 0 Å². The van der Waals surface area contributed by atoms with Crippen LogP contribution >= 0.6 is 11.3 Å². The van der Waals surface area contributed by atoms with Gasteiger partial charge in [0.15, 0.2) is 0 Å². The van der Waals surface area contributed by atoms with E-state index in [4.69, 9.17) is 0 Å². The van der Waals surface area contributed by atoms with Crippen LogP contribution in [0, 0.1) is 0 Å². The van der Waals surface area contributed by atoms with Crippen LogP contribution in [-0.2, 0) is 26.7 Å². The second kappa shape index (κ2) is 5.60. The molecule has 1 aliphatic rings. The third-order valence-corrected chi connectivity index (χ3v) is 7.85. The topological polar surface area (TPSA) is 74.7 Å². The fourth-order valence-corrected chi connectivity index (χ4v) is 5.90. The lowest BCUT2D eigenvalue weighted by atomic mass is 9.95. The number of hydrogen-bond acceptors (Lipinski definition) is 4. The van der Waals surface area contributed by atoms with E-state index in [0.29, 0.717) is 5.69 Å². The number of carbonyl (C=O) groups is 1. The number of aliphatic carboxylic acids is 1. The summed E-state index contributed by atoms with van der Waals surface area (Å²) in [5.74, 6) is -1.14. The third kappa shape index (κ3) is 2.71. The molecule has 5 nitrogen and oxygen atoms in total. The number of carboxylic acids is 1. The van der Waals surface area contributed by atoms with E-state index in [1.54, 1.807) is 36.4 Å². The Morgan fingerprint density at radius 3 is 2.46 bits per heavy atom. The first-order chi connectivity index (χ1) is 11.1. The summed E-state index contributed by atoms with van der Waals surface area (Å²) in [6.07, 6.45) is 0.183. The molecule has 0 saturated heterocycles. The van der Waals surface area contributed by atoms with Crippen molar-refractivity contribution in [1.29, 1.82) is 0 Å². The molecule has 3 rings (SSSR count). The molecule has 0 spiro atoms. The van der Waals surface area contributed by atoms with Crippen LogP contribution in [0.15, 0.2) is 40.6 Å². The Balaban J connectivity index is 2.11. The van der Waals surface area contributed by atoms with Crippen LogP contribution in [0.1, 0.15) is 31.2 Å². The highest BCUT2D eigenvalue weighted by Gasteiger charge is 2.43. The van der Waals surface area contributed by atoms with E-state index in [1.807, 2.05) is 20.8 Å². The van der Waals surface area contributed by atoms with Gasteiger partial charge in [0, 0.05) is 11.3 Å². The zero-order valence-corrected chi connectivity index (χ0v) is 15.3. The van der Waals surface area contributed by atoms with Crippen LogP contribution in [0.25, 0.3) is 0 Å². The number of anilines is 1. The number of hydrogen-bond donors (Lipinski definition) is 1. The molecular weight excluding hydrogens is 346 g/mol. The minimum Gasteiger partial charge on any atom is -0.480 e. The van der Waals surface area contributed by atoms with Crippen molar-refractivity contribution in [2.24, 2.45) is 0 Å². The first-order valence-corrected chi connectivity index (χ1v) is 9.83. The average molecular weight is 365 g/mol. The molecule has 1 aliphatic heterocycles. The van der Waals surface area contributed by atoms with Crippen molar-refractivity contribution >= 4 is 33.0 Å². The van der Waals surface area contributed by atoms with E-state index in [2.05, 4.69) is 0 Å². The van der Waals surface area contributed by atoms with Crippen LogP contribution < -0.4 is 4.31 Å². The van der Waals surface area contributed by atoms with Crippen LogP contribution in [-0.4, -0.2) is 25.5 Å². The van der Waals surface area contributed by atoms with E-state index >= 15 is 0 Å². The number of thiophene rings is 1. The molecule has 0 fully saturated rings. The Morgan fingerprint density at radius 2 is 1.88 bits per heavy atom. The van der Waals surface area contributed by atoms with Gasteiger partial charge in [-0.3, -0.25) is 4.31 Å². The molecule has 1 aromatic heterocycles. The van der Waals surface area contributed by atoms with E-state index in [-0.39, 0.29) is 16.0 Å². The van der Waals surface area contributed by atoms with E-state index in [9.17, 15) is 18.3 Å². The predicted molar refractivity (Wildman–Crippen MR) is 94.3 cm³/mol. The molecule has 0 saturated carbocycles. The van der Waals surface area contributed by atoms with E-state index < -0.39 is 22.0 Å². The van der Waals surface area contributed by atoms with Gasteiger partial charge in [0.25, 0.3) is 10.0 Å². The lowest BCUT2D eigenvalue weighted by Crippen LogP contribution is -2.42. The quantitative estimate of drug-likeness (QED) is 0.906. The molecule has 1 aromatic carbocycles.